The van der Waals surface area contributed by atoms with Crippen molar-refractivity contribution in [2.24, 2.45) is 0 Å². The van der Waals surface area contributed by atoms with Gasteiger partial charge in [0.1, 0.15) is 11.6 Å². The third-order valence-corrected chi connectivity index (χ3v) is 5.39. The van der Waals surface area contributed by atoms with Crippen LogP contribution in [0.1, 0.15) is 30.7 Å². The highest BCUT2D eigenvalue weighted by Crippen LogP contribution is 2.24. The fourth-order valence-electron chi connectivity index (χ4n) is 3.99. The highest BCUT2D eigenvalue weighted by atomic mass is 16.5. The van der Waals surface area contributed by atoms with Gasteiger partial charge >= 0.3 is 0 Å². The molecule has 2 aliphatic rings. The number of hydrogen-bond acceptors (Lipinski definition) is 5. The van der Waals surface area contributed by atoms with Crippen LogP contribution < -0.4 is 4.90 Å². The maximum Gasteiger partial charge on any atom is 0.135 e. The molecule has 0 spiro atoms. The third-order valence-electron chi connectivity index (χ3n) is 5.39. The lowest BCUT2D eigenvalue weighted by Gasteiger charge is -2.40. The molecule has 4 rings (SSSR count). The molecule has 26 heavy (non-hydrogen) atoms. The second kappa shape index (κ2) is 8.60. The summed E-state index contributed by atoms with van der Waals surface area (Å²) in [4.78, 5) is 14.5. The van der Waals surface area contributed by atoms with E-state index in [1.165, 1.54) is 24.8 Å². The summed E-state index contributed by atoms with van der Waals surface area (Å²) < 4.78 is 5.50. The van der Waals surface area contributed by atoms with E-state index in [4.69, 9.17) is 9.72 Å². The second-order valence-electron chi connectivity index (χ2n) is 7.25. The van der Waals surface area contributed by atoms with Gasteiger partial charge in [0, 0.05) is 44.8 Å². The minimum absolute atomic E-state index is 0.543. The van der Waals surface area contributed by atoms with Crippen molar-refractivity contribution >= 4 is 5.82 Å². The van der Waals surface area contributed by atoms with Crippen molar-refractivity contribution < 1.29 is 4.74 Å². The molecule has 3 heterocycles. The molecule has 1 aromatic carbocycles. The van der Waals surface area contributed by atoms with Crippen molar-refractivity contribution in [3.05, 3.63) is 54.0 Å². The summed E-state index contributed by atoms with van der Waals surface area (Å²) in [7, 11) is 0. The molecule has 0 radical (unpaired) electrons. The zero-order valence-electron chi connectivity index (χ0n) is 15.4. The molecule has 1 atom stereocenters. The summed E-state index contributed by atoms with van der Waals surface area (Å²) in [6, 6.07) is 13.1. The number of ether oxygens (including phenoxy) is 1. The van der Waals surface area contributed by atoms with Crippen LogP contribution in [-0.2, 0) is 11.2 Å². The van der Waals surface area contributed by atoms with Gasteiger partial charge in [-0.25, -0.2) is 9.97 Å². The van der Waals surface area contributed by atoms with E-state index in [0.29, 0.717) is 6.04 Å². The lowest BCUT2D eigenvalue weighted by atomic mass is 10.0. The molecule has 0 saturated carbocycles. The van der Waals surface area contributed by atoms with Gasteiger partial charge in [0.05, 0.1) is 13.2 Å². The molecule has 0 aliphatic carbocycles. The SMILES string of the molecule is c1ccc(Cc2nccc(N3CCCCC3CN3CCOCC3)n2)cc1. The molecule has 2 aliphatic heterocycles. The maximum atomic E-state index is 5.50. The number of aromatic nitrogens is 2. The summed E-state index contributed by atoms with van der Waals surface area (Å²) in [5, 5.41) is 0. The van der Waals surface area contributed by atoms with Gasteiger partial charge in [-0.15, -0.1) is 0 Å². The fraction of sp³-hybridized carbons (Fsp3) is 0.524. The Morgan fingerprint density at radius 1 is 1.00 bits per heavy atom. The highest BCUT2D eigenvalue weighted by molar-refractivity contribution is 5.40. The van der Waals surface area contributed by atoms with Crippen LogP contribution in [0.4, 0.5) is 5.82 Å². The molecule has 0 amide bonds. The molecular formula is C21H28N4O. The average molecular weight is 352 g/mol. The van der Waals surface area contributed by atoms with Crippen LogP contribution in [-0.4, -0.2) is 60.3 Å². The second-order valence-corrected chi connectivity index (χ2v) is 7.25. The highest BCUT2D eigenvalue weighted by Gasteiger charge is 2.26. The van der Waals surface area contributed by atoms with Crippen molar-refractivity contribution in [1.29, 1.82) is 0 Å². The fourth-order valence-corrected chi connectivity index (χ4v) is 3.99. The van der Waals surface area contributed by atoms with Gasteiger partial charge in [-0.05, 0) is 30.9 Å². The largest absolute Gasteiger partial charge is 0.379 e. The molecule has 0 bridgehead atoms. The predicted octanol–water partition coefficient (Wildman–Crippen LogP) is 2.76. The van der Waals surface area contributed by atoms with Gasteiger partial charge in [0.2, 0.25) is 0 Å². The number of benzene rings is 1. The molecule has 2 saturated heterocycles. The standard InChI is InChI=1S/C21H28N4O/c1-2-6-18(7-3-1)16-20-22-10-9-21(23-20)25-11-5-4-8-19(25)17-24-12-14-26-15-13-24/h1-3,6-7,9-10,19H,4-5,8,11-17H2. The Hall–Kier alpha value is -1.98. The van der Waals surface area contributed by atoms with Crippen molar-refractivity contribution in [1.82, 2.24) is 14.9 Å². The Morgan fingerprint density at radius 2 is 1.85 bits per heavy atom. The van der Waals surface area contributed by atoms with Crippen LogP contribution in [0.2, 0.25) is 0 Å². The number of piperidine rings is 1. The van der Waals surface area contributed by atoms with Gasteiger partial charge < -0.3 is 9.64 Å². The van der Waals surface area contributed by atoms with Crippen molar-refractivity contribution in [2.45, 2.75) is 31.7 Å². The van der Waals surface area contributed by atoms with Gasteiger partial charge in [0.25, 0.3) is 0 Å². The van der Waals surface area contributed by atoms with Crippen molar-refractivity contribution in [2.75, 3.05) is 44.3 Å². The van der Waals surface area contributed by atoms with E-state index < -0.39 is 0 Å². The quantitative estimate of drug-likeness (QED) is 0.828. The summed E-state index contributed by atoms with van der Waals surface area (Å²) >= 11 is 0. The Labute approximate surface area is 156 Å². The molecule has 1 aromatic heterocycles. The molecular weight excluding hydrogens is 324 g/mol. The number of hydrogen-bond donors (Lipinski definition) is 0. The van der Waals surface area contributed by atoms with Crippen LogP contribution in [0.5, 0.6) is 0 Å². The van der Waals surface area contributed by atoms with Crippen molar-refractivity contribution in [3.8, 4) is 0 Å². The smallest absolute Gasteiger partial charge is 0.135 e. The first-order valence-electron chi connectivity index (χ1n) is 9.81. The van der Waals surface area contributed by atoms with Gasteiger partial charge in [0.15, 0.2) is 0 Å². The van der Waals surface area contributed by atoms with E-state index in [1.54, 1.807) is 0 Å². The van der Waals surface area contributed by atoms with E-state index in [2.05, 4.69) is 45.1 Å². The molecule has 5 heteroatoms. The average Bonchev–Trinajstić information content (AvgIpc) is 2.70. The summed E-state index contributed by atoms with van der Waals surface area (Å²) in [5.41, 5.74) is 1.26. The molecule has 0 N–H and O–H groups in total. The first-order chi connectivity index (χ1) is 12.9. The lowest BCUT2D eigenvalue weighted by Crippen LogP contribution is -2.49. The monoisotopic (exact) mass is 352 g/mol. The topological polar surface area (TPSA) is 41.5 Å². The van der Waals surface area contributed by atoms with Gasteiger partial charge in [-0.1, -0.05) is 30.3 Å². The summed E-state index contributed by atoms with van der Waals surface area (Å²) in [5.74, 6) is 1.99. The molecule has 1 unspecified atom stereocenters. The minimum atomic E-state index is 0.543. The predicted molar refractivity (Wildman–Crippen MR) is 104 cm³/mol. The molecule has 138 valence electrons. The van der Waals surface area contributed by atoms with Crippen LogP contribution in [0.3, 0.4) is 0 Å². The maximum absolute atomic E-state index is 5.50. The molecule has 2 aromatic rings. The Balaban J connectivity index is 1.47. The van der Waals surface area contributed by atoms with E-state index in [0.717, 1.165) is 57.5 Å². The Bertz CT molecular complexity index is 687. The van der Waals surface area contributed by atoms with E-state index in [-0.39, 0.29) is 0 Å². The number of rotatable bonds is 5. The zero-order valence-corrected chi connectivity index (χ0v) is 15.4. The number of morpholine rings is 1. The summed E-state index contributed by atoms with van der Waals surface area (Å²) in [6.45, 7) is 6.03. The first-order valence-corrected chi connectivity index (χ1v) is 9.81. The zero-order chi connectivity index (χ0) is 17.6. The Kier molecular flexibility index (Phi) is 5.77. The lowest BCUT2D eigenvalue weighted by molar-refractivity contribution is 0.0338. The van der Waals surface area contributed by atoms with Crippen molar-refractivity contribution in [3.63, 3.8) is 0 Å². The molecule has 5 nitrogen and oxygen atoms in total. The number of nitrogens with zero attached hydrogens (tertiary/aromatic N) is 4. The van der Waals surface area contributed by atoms with Gasteiger partial charge in [-0.2, -0.15) is 0 Å². The van der Waals surface area contributed by atoms with Crippen LogP contribution >= 0.6 is 0 Å². The van der Waals surface area contributed by atoms with Gasteiger partial charge in [-0.3, -0.25) is 4.90 Å². The summed E-state index contributed by atoms with van der Waals surface area (Å²) in [6.07, 6.45) is 6.51. The third kappa shape index (κ3) is 4.40. The minimum Gasteiger partial charge on any atom is -0.379 e. The van der Waals surface area contributed by atoms with Crippen LogP contribution in [0.15, 0.2) is 42.6 Å². The van der Waals surface area contributed by atoms with Crippen LogP contribution in [0.25, 0.3) is 0 Å². The van der Waals surface area contributed by atoms with E-state index in [1.807, 2.05) is 12.3 Å². The van der Waals surface area contributed by atoms with E-state index >= 15 is 0 Å². The van der Waals surface area contributed by atoms with E-state index in [9.17, 15) is 0 Å². The first kappa shape index (κ1) is 17.4. The number of anilines is 1. The van der Waals surface area contributed by atoms with Crippen LogP contribution in [0, 0.1) is 0 Å². The normalized spacial score (nSPS) is 21.7. The Morgan fingerprint density at radius 3 is 2.69 bits per heavy atom. The molecule has 2 fully saturated rings.